The number of hydrogen-bond acceptors (Lipinski definition) is 5. The summed E-state index contributed by atoms with van der Waals surface area (Å²) in [7, 11) is -2.55. The van der Waals surface area contributed by atoms with Crippen LogP contribution in [0.1, 0.15) is 12.5 Å². The molecule has 0 atom stereocenters. The summed E-state index contributed by atoms with van der Waals surface area (Å²) in [6, 6.07) is 21.4. The third-order valence-electron chi connectivity index (χ3n) is 4.51. The molecule has 1 amide bonds. The molecule has 0 aliphatic carbocycles. The molecule has 0 aromatic heterocycles. The van der Waals surface area contributed by atoms with E-state index in [0.29, 0.717) is 11.5 Å². The molecule has 3 aromatic rings. The number of carbonyl (C=O) groups excluding carboxylic acids is 1. The number of ether oxygens (including phenoxy) is 2. The van der Waals surface area contributed by atoms with Crippen molar-refractivity contribution in [3.63, 3.8) is 0 Å². The van der Waals surface area contributed by atoms with E-state index in [0.717, 1.165) is 16.3 Å². The number of benzene rings is 3. The van der Waals surface area contributed by atoms with Gasteiger partial charge in [0.25, 0.3) is 15.9 Å². The molecule has 0 bridgehead atoms. The van der Waals surface area contributed by atoms with Crippen molar-refractivity contribution in [1.29, 1.82) is 0 Å². The summed E-state index contributed by atoms with van der Waals surface area (Å²) >= 11 is 0. The minimum absolute atomic E-state index is 0.0300. The smallest absolute Gasteiger partial charge is 0.278 e. The zero-order chi connectivity index (χ0) is 21.6. The van der Waals surface area contributed by atoms with E-state index < -0.39 is 22.5 Å². The van der Waals surface area contributed by atoms with E-state index in [2.05, 4.69) is 0 Å². The fourth-order valence-corrected chi connectivity index (χ4v) is 4.29. The van der Waals surface area contributed by atoms with Crippen molar-refractivity contribution >= 4 is 21.6 Å². The number of sulfonamides is 1. The molecule has 0 saturated heterocycles. The van der Waals surface area contributed by atoms with Gasteiger partial charge in [0, 0.05) is 0 Å². The first kappa shape index (κ1) is 21.4. The predicted molar refractivity (Wildman–Crippen MR) is 115 cm³/mol. The van der Waals surface area contributed by atoms with Gasteiger partial charge in [0.2, 0.25) is 0 Å². The Hall–Kier alpha value is -3.32. The molecule has 0 spiro atoms. The third-order valence-corrected chi connectivity index (χ3v) is 6.27. The second-order valence-electron chi connectivity index (χ2n) is 6.46. The molecule has 0 radical (unpaired) electrons. The second-order valence-corrected chi connectivity index (χ2v) is 8.25. The van der Waals surface area contributed by atoms with Crippen LogP contribution in [-0.4, -0.2) is 28.0 Å². The molecule has 6 nitrogen and oxygen atoms in total. The number of hydrogen-bond donors (Lipinski definition) is 0. The van der Waals surface area contributed by atoms with E-state index in [-0.39, 0.29) is 10.6 Å². The summed E-state index contributed by atoms with van der Waals surface area (Å²) < 4.78 is 37.9. The molecule has 3 aromatic carbocycles. The zero-order valence-corrected chi connectivity index (χ0v) is 17.6. The topological polar surface area (TPSA) is 72.9 Å². The van der Waals surface area contributed by atoms with Crippen LogP contribution in [0.2, 0.25) is 0 Å². The van der Waals surface area contributed by atoms with E-state index in [9.17, 15) is 13.2 Å². The highest BCUT2D eigenvalue weighted by Crippen LogP contribution is 2.25. The maximum Gasteiger partial charge on any atom is 0.278 e. The van der Waals surface area contributed by atoms with Crippen molar-refractivity contribution in [2.24, 2.45) is 0 Å². The Kier molecular flexibility index (Phi) is 6.74. The monoisotopic (exact) mass is 425 g/mol. The first-order valence-corrected chi connectivity index (χ1v) is 10.9. The second kappa shape index (κ2) is 9.45. The fraction of sp³-hybridized carbons (Fsp3) is 0.174. The molecule has 156 valence electrons. The Morgan fingerprint density at radius 3 is 2.03 bits per heavy atom. The SMILES string of the molecule is CCc1ccc(N(C(=O)COc2ccc(OC)cc2)S(=O)(=O)c2ccccc2)cc1. The Balaban J connectivity index is 1.90. The fourth-order valence-electron chi connectivity index (χ4n) is 2.86. The van der Waals surface area contributed by atoms with Crippen molar-refractivity contribution in [2.75, 3.05) is 18.0 Å². The van der Waals surface area contributed by atoms with E-state index >= 15 is 0 Å². The predicted octanol–water partition coefficient (Wildman–Crippen LogP) is 4.06. The van der Waals surface area contributed by atoms with Gasteiger partial charge in [0.1, 0.15) is 11.5 Å². The highest BCUT2D eigenvalue weighted by Gasteiger charge is 2.31. The number of anilines is 1. The maximum atomic E-state index is 13.3. The van der Waals surface area contributed by atoms with E-state index in [1.165, 1.54) is 12.1 Å². The molecule has 0 heterocycles. The van der Waals surface area contributed by atoms with Crippen LogP contribution in [0.3, 0.4) is 0 Å². The zero-order valence-electron chi connectivity index (χ0n) is 16.8. The van der Waals surface area contributed by atoms with Gasteiger partial charge in [-0.25, -0.2) is 8.42 Å². The summed E-state index contributed by atoms with van der Waals surface area (Å²) in [5.74, 6) is 0.388. The molecule has 0 aliphatic heterocycles. The largest absolute Gasteiger partial charge is 0.497 e. The first-order valence-electron chi connectivity index (χ1n) is 9.44. The number of rotatable bonds is 8. The van der Waals surface area contributed by atoms with Gasteiger partial charge in [-0.15, -0.1) is 0 Å². The molecular weight excluding hydrogens is 402 g/mol. The van der Waals surface area contributed by atoms with Crippen LogP contribution < -0.4 is 13.8 Å². The van der Waals surface area contributed by atoms with Gasteiger partial charge in [-0.1, -0.05) is 37.3 Å². The van der Waals surface area contributed by atoms with Gasteiger partial charge in [-0.3, -0.25) is 4.79 Å². The first-order chi connectivity index (χ1) is 14.5. The van der Waals surface area contributed by atoms with Gasteiger partial charge in [0.15, 0.2) is 6.61 Å². The van der Waals surface area contributed by atoms with Gasteiger partial charge >= 0.3 is 0 Å². The van der Waals surface area contributed by atoms with Gasteiger partial charge in [0.05, 0.1) is 17.7 Å². The molecular formula is C23H23NO5S. The molecule has 3 rings (SSSR count). The van der Waals surface area contributed by atoms with Crippen molar-refractivity contribution in [2.45, 2.75) is 18.2 Å². The quantitative estimate of drug-likeness (QED) is 0.544. The molecule has 7 heteroatoms. The van der Waals surface area contributed by atoms with E-state index in [1.807, 2.05) is 6.92 Å². The Labute approximate surface area is 176 Å². The lowest BCUT2D eigenvalue weighted by Crippen LogP contribution is -2.40. The van der Waals surface area contributed by atoms with E-state index in [1.54, 1.807) is 73.8 Å². The summed E-state index contributed by atoms with van der Waals surface area (Å²) in [5.41, 5.74) is 1.30. The van der Waals surface area contributed by atoms with Crippen LogP contribution in [0.25, 0.3) is 0 Å². The normalized spacial score (nSPS) is 11.0. The van der Waals surface area contributed by atoms with Gasteiger partial charge in [-0.2, -0.15) is 4.31 Å². The van der Waals surface area contributed by atoms with Crippen LogP contribution in [0.5, 0.6) is 11.5 Å². The van der Waals surface area contributed by atoms with Crippen LogP contribution in [0, 0.1) is 0 Å². The number of nitrogens with zero attached hydrogens (tertiary/aromatic N) is 1. The van der Waals surface area contributed by atoms with E-state index in [4.69, 9.17) is 9.47 Å². The molecule has 0 N–H and O–H groups in total. The lowest BCUT2D eigenvalue weighted by Gasteiger charge is -2.23. The highest BCUT2D eigenvalue weighted by molar-refractivity contribution is 7.93. The summed E-state index contributed by atoms with van der Waals surface area (Å²) in [5, 5.41) is 0. The Morgan fingerprint density at radius 1 is 0.867 bits per heavy atom. The number of carbonyl (C=O) groups is 1. The molecule has 0 unspecified atom stereocenters. The third kappa shape index (κ3) is 4.80. The molecule has 0 aliphatic rings. The summed E-state index contributed by atoms with van der Waals surface area (Å²) in [4.78, 5) is 13.0. The average Bonchev–Trinajstić information content (AvgIpc) is 2.79. The average molecular weight is 426 g/mol. The maximum absolute atomic E-state index is 13.3. The summed E-state index contributed by atoms with van der Waals surface area (Å²) in [6.07, 6.45) is 0.806. The Bertz CT molecular complexity index is 1080. The standard InChI is InChI=1S/C23H23NO5S/c1-3-18-9-11-19(12-10-18)24(30(26,27)22-7-5-4-6-8-22)23(25)17-29-21-15-13-20(28-2)14-16-21/h4-16H,3,17H2,1-2H3. The Morgan fingerprint density at radius 2 is 1.47 bits per heavy atom. The van der Waals surface area contributed by atoms with Crippen molar-refractivity contribution in [1.82, 2.24) is 0 Å². The summed E-state index contributed by atoms with van der Waals surface area (Å²) in [6.45, 7) is 1.56. The number of amides is 1. The molecule has 30 heavy (non-hydrogen) atoms. The van der Waals surface area contributed by atoms with Crippen LogP contribution in [0.15, 0.2) is 83.8 Å². The lowest BCUT2D eigenvalue weighted by molar-refractivity contribution is -0.119. The van der Waals surface area contributed by atoms with Crippen LogP contribution in [0.4, 0.5) is 5.69 Å². The van der Waals surface area contributed by atoms with Crippen LogP contribution in [-0.2, 0) is 21.2 Å². The minimum Gasteiger partial charge on any atom is -0.497 e. The van der Waals surface area contributed by atoms with Gasteiger partial charge in [-0.05, 0) is 60.5 Å². The number of aryl methyl sites for hydroxylation is 1. The van der Waals surface area contributed by atoms with Crippen LogP contribution >= 0.6 is 0 Å². The lowest BCUT2D eigenvalue weighted by atomic mass is 10.1. The highest BCUT2D eigenvalue weighted by atomic mass is 32.2. The molecule has 0 fully saturated rings. The van der Waals surface area contributed by atoms with Crippen molar-refractivity contribution < 1.29 is 22.7 Å². The number of methoxy groups -OCH3 is 1. The molecule has 0 saturated carbocycles. The minimum atomic E-state index is -4.10. The van der Waals surface area contributed by atoms with Crippen molar-refractivity contribution in [3.8, 4) is 11.5 Å². The van der Waals surface area contributed by atoms with Gasteiger partial charge < -0.3 is 9.47 Å². The van der Waals surface area contributed by atoms with Crippen molar-refractivity contribution in [3.05, 3.63) is 84.4 Å².